The van der Waals surface area contributed by atoms with Gasteiger partial charge in [-0.3, -0.25) is 0 Å². The van der Waals surface area contributed by atoms with Crippen LogP contribution in [0.3, 0.4) is 0 Å². The molecular formula is C8H17N3S. The molecule has 1 rings (SSSR count). The lowest BCUT2D eigenvalue weighted by atomic mass is 9.98. The van der Waals surface area contributed by atoms with E-state index in [-0.39, 0.29) is 0 Å². The highest BCUT2D eigenvalue weighted by Crippen LogP contribution is 2.30. The minimum absolute atomic E-state index is 0.503. The molecule has 0 amide bonds. The average molecular weight is 187 g/mol. The second kappa shape index (κ2) is 4.05. The summed E-state index contributed by atoms with van der Waals surface area (Å²) in [5.74, 6) is 6.66. The van der Waals surface area contributed by atoms with Crippen molar-refractivity contribution in [3.63, 3.8) is 0 Å². The van der Waals surface area contributed by atoms with E-state index in [1.165, 1.54) is 12.8 Å². The fraction of sp³-hybridized carbons (Fsp3) is 0.875. The minimum atomic E-state index is 0.503. The molecule has 12 heavy (non-hydrogen) atoms. The Hall–Kier alpha value is -0.350. The summed E-state index contributed by atoms with van der Waals surface area (Å²) in [5.41, 5.74) is 2.45. The van der Waals surface area contributed by atoms with Crippen molar-refractivity contribution < 1.29 is 0 Å². The van der Waals surface area contributed by atoms with Crippen molar-refractivity contribution in [2.75, 3.05) is 0 Å². The zero-order chi connectivity index (χ0) is 9.14. The van der Waals surface area contributed by atoms with Gasteiger partial charge in [0.15, 0.2) is 5.11 Å². The van der Waals surface area contributed by atoms with Gasteiger partial charge in [0.2, 0.25) is 0 Å². The van der Waals surface area contributed by atoms with Crippen molar-refractivity contribution in [3.05, 3.63) is 0 Å². The molecule has 1 saturated carbocycles. The summed E-state index contributed by atoms with van der Waals surface area (Å²) in [6.45, 7) is 4.54. The number of nitrogens with two attached hydrogens (primary N) is 1. The lowest BCUT2D eigenvalue weighted by molar-refractivity contribution is 0.402. The Bertz CT molecular complexity index is 172. The monoisotopic (exact) mass is 187 g/mol. The summed E-state index contributed by atoms with van der Waals surface area (Å²) in [4.78, 5) is 0. The van der Waals surface area contributed by atoms with Gasteiger partial charge in [-0.1, -0.05) is 13.8 Å². The van der Waals surface area contributed by atoms with Crippen LogP contribution >= 0.6 is 12.2 Å². The maximum atomic E-state index is 5.18. The molecule has 3 atom stereocenters. The minimum Gasteiger partial charge on any atom is -0.359 e. The van der Waals surface area contributed by atoms with Gasteiger partial charge in [0.25, 0.3) is 0 Å². The molecule has 0 aliphatic heterocycles. The molecule has 0 radical (unpaired) electrons. The molecule has 1 fully saturated rings. The van der Waals surface area contributed by atoms with Crippen LogP contribution in [-0.4, -0.2) is 11.2 Å². The topological polar surface area (TPSA) is 50.1 Å². The van der Waals surface area contributed by atoms with Gasteiger partial charge in [-0.05, 0) is 36.9 Å². The van der Waals surface area contributed by atoms with Gasteiger partial charge >= 0.3 is 0 Å². The summed E-state index contributed by atoms with van der Waals surface area (Å²) in [6.07, 6.45) is 2.48. The van der Waals surface area contributed by atoms with Crippen LogP contribution in [0, 0.1) is 11.8 Å². The zero-order valence-electron chi connectivity index (χ0n) is 7.63. The molecule has 3 unspecified atom stereocenters. The summed E-state index contributed by atoms with van der Waals surface area (Å²) in [7, 11) is 0. The summed E-state index contributed by atoms with van der Waals surface area (Å²) >= 11 is 4.94. The molecule has 0 bridgehead atoms. The fourth-order valence-corrected chi connectivity index (χ4v) is 1.93. The zero-order valence-corrected chi connectivity index (χ0v) is 8.45. The third-order valence-corrected chi connectivity index (χ3v) is 3.15. The van der Waals surface area contributed by atoms with Gasteiger partial charge in [-0.25, -0.2) is 5.84 Å². The lowest BCUT2D eigenvalue weighted by Gasteiger charge is -2.20. The third-order valence-electron chi connectivity index (χ3n) is 2.91. The first-order chi connectivity index (χ1) is 5.65. The van der Waals surface area contributed by atoms with E-state index in [1.807, 2.05) is 0 Å². The first-order valence-electron chi connectivity index (χ1n) is 4.42. The van der Waals surface area contributed by atoms with E-state index in [2.05, 4.69) is 24.6 Å². The Morgan fingerprint density at radius 3 is 2.50 bits per heavy atom. The first-order valence-corrected chi connectivity index (χ1v) is 4.83. The molecule has 0 aromatic carbocycles. The maximum absolute atomic E-state index is 5.18. The number of rotatable bonds is 1. The predicted octanol–water partition coefficient (Wildman–Crippen LogP) is 0.759. The van der Waals surface area contributed by atoms with Crippen LogP contribution in [0.4, 0.5) is 0 Å². The van der Waals surface area contributed by atoms with Crippen molar-refractivity contribution in [1.82, 2.24) is 10.7 Å². The van der Waals surface area contributed by atoms with E-state index in [0.717, 1.165) is 5.92 Å². The molecule has 3 nitrogen and oxygen atoms in total. The summed E-state index contributed by atoms with van der Waals surface area (Å²) < 4.78 is 0. The smallest absolute Gasteiger partial charge is 0.180 e. The molecule has 0 aromatic heterocycles. The van der Waals surface area contributed by atoms with Crippen molar-refractivity contribution >= 4 is 17.3 Å². The number of hydrazine groups is 1. The van der Waals surface area contributed by atoms with Gasteiger partial charge in [-0.15, -0.1) is 0 Å². The van der Waals surface area contributed by atoms with E-state index in [0.29, 0.717) is 17.1 Å². The Labute approximate surface area is 79.1 Å². The SMILES string of the molecule is CC1CCC(NC(=S)NN)C1C. The van der Waals surface area contributed by atoms with E-state index in [4.69, 9.17) is 18.1 Å². The molecule has 0 aromatic rings. The Balaban J connectivity index is 2.38. The molecule has 70 valence electrons. The second-order valence-electron chi connectivity index (χ2n) is 3.64. The Morgan fingerprint density at radius 1 is 1.42 bits per heavy atom. The number of thiocarbonyl (C=S) groups is 1. The van der Waals surface area contributed by atoms with E-state index in [1.54, 1.807) is 0 Å². The van der Waals surface area contributed by atoms with Gasteiger partial charge in [0.05, 0.1) is 0 Å². The van der Waals surface area contributed by atoms with Crippen molar-refractivity contribution in [2.45, 2.75) is 32.7 Å². The molecule has 0 heterocycles. The van der Waals surface area contributed by atoms with Crippen LogP contribution in [0.15, 0.2) is 0 Å². The van der Waals surface area contributed by atoms with Gasteiger partial charge in [0, 0.05) is 6.04 Å². The first kappa shape index (κ1) is 9.74. The highest BCUT2D eigenvalue weighted by Gasteiger charge is 2.29. The van der Waals surface area contributed by atoms with Crippen LogP contribution in [0.1, 0.15) is 26.7 Å². The van der Waals surface area contributed by atoms with Gasteiger partial charge < -0.3 is 10.7 Å². The van der Waals surface area contributed by atoms with Crippen LogP contribution < -0.4 is 16.6 Å². The largest absolute Gasteiger partial charge is 0.359 e. The van der Waals surface area contributed by atoms with Crippen LogP contribution in [0.25, 0.3) is 0 Å². The predicted molar refractivity (Wildman–Crippen MR) is 54.4 cm³/mol. The van der Waals surface area contributed by atoms with Crippen molar-refractivity contribution in [2.24, 2.45) is 17.7 Å². The lowest BCUT2D eigenvalue weighted by Crippen LogP contribution is -2.46. The van der Waals surface area contributed by atoms with E-state index < -0.39 is 0 Å². The number of nitrogens with one attached hydrogen (secondary N) is 2. The fourth-order valence-electron chi connectivity index (χ4n) is 1.78. The van der Waals surface area contributed by atoms with Crippen molar-refractivity contribution in [1.29, 1.82) is 0 Å². The van der Waals surface area contributed by atoms with Crippen LogP contribution in [0.5, 0.6) is 0 Å². The van der Waals surface area contributed by atoms with Gasteiger partial charge in [-0.2, -0.15) is 0 Å². The molecular weight excluding hydrogens is 170 g/mol. The summed E-state index contributed by atoms with van der Waals surface area (Å²) in [5, 5.41) is 3.76. The van der Waals surface area contributed by atoms with Gasteiger partial charge in [0.1, 0.15) is 0 Å². The molecule has 4 heteroatoms. The molecule has 4 N–H and O–H groups in total. The summed E-state index contributed by atoms with van der Waals surface area (Å²) in [6, 6.07) is 0.503. The number of hydrogen-bond acceptors (Lipinski definition) is 2. The van der Waals surface area contributed by atoms with Crippen LogP contribution in [0.2, 0.25) is 0 Å². The Kier molecular flexibility index (Phi) is 3.29. The standard InChI is InChI=1S/C8H17N3S/c1-5-3-4-7(6(5)2)10-8(12)11-9/h5-7H,3-4,9H2,1-2H3,(H2,10,11,12). The Morgan fingerprint density at radius 2 is 2.08 bits per heavy atom. The highest BCUT2D eigenvalue weighted by atomic mass is 32.1. The quantitative estimate of drug-likeness (QED) is 0.322. The molecule has 1 aliphatic rings. The van der Waals surface area contributed by atoms with Crippen LogP contribution in [-0.2, 0) is 0 Å². The van der Waals surface area contributed by atoms with E-state index in [9.17, 15) is 0 Å². The molecule has 0 saturated heterocycles. The third kappa shape index (κ3) is 2.08. The molecule has 1 aliphatic carbocycles. The average Bonchev–Trinajstić information content (AvgIpc) is 2.36. The molecule has 0 spiro atoms. The van der Waals surface area contributed by atoms with E-state index >= 15 is 0 Å². The maximum Gasteiger partial charge on any atom is 0.180 e. The highest BCUT2D eigenvalue weighted by molar-refractivity contribution is 7.80. The number of hydrogen-bond donors (Lipinski definition) is 3. The van der Waals surface area contributed by atoms with Crippen molar-refractivity contribution in [3.8, 4) is 0 Å². The second-order valence-corrected chi connectivity index (χ2v) is 4.05. The normalized spacial score (nSPS) is 34.8.